The second-order valence-corrected chi connectivity index (χ2v) is 8.76. The number of rotatable bonds is 3. The third-order valence-electron chi connectivity index (χ3n) is 5.02. The molecule has 138 valence electrons. The van der Waals surface area contributed by atoms with Crippen molar-refractivity contribution in [1.29, 1.82) is 0 Å². The summed E-state index contributed by atoms with van der Waals surface area (Å²) in [4.78, 5) is 13.0. The van der Waals surface area contributed by atoms with E-state index in [9.17, 15) is 13.2 Å². The lowest BCUT2D eigenvalue weighted by Crippen LogP contribution is -2.36. The first kappa shape index (κ1) is 18.0. The van der Waals surface area contributed by atoms with E-state index in [0.717, 1.165) is 29.4 Å². The van der Waals surface area contributed by atoms with Gasteiger partial charge in [0.25, 0.3) is 10.0 Å². The minimum atomic E-state index is -3.99. The molecule has 0 aliphatic heterocycles. The highest BCUT2D eigenvalue weighted by atomic mass is 35.5. The number of nitrogens with one attached hydrogen (secondary N) is 1. The average Bonchev–Trinajstić information content (AvgIpc) is 2.67. The number of carbonyl (C=O) groups is 1. The highest BCUT2D eigenvalue weighted by molar-refractivity contribution is 7.90. The lowest BCUT2D eigenvalue weighted by molar-refractivity contribution is -0.121. The van der Waals surface area contributed by atoms with Crippen molar-refractivity contribution in [3.8, 4) is 0 Å². The summed E-state index contributed by atoms with van der Waals surface area (Å²) in [6.45, 7) is 0. The summed E-state index contributed by atoms with van der Waals surface area (Å²) in [5.41, 5.74) is 1.76. The summed E-state index contributed by atoms with van der Waals surface area (Å²) in [6, 6.07) is 17.8. The number of benzene rings is 3. The molecule has 1 N–H and O–H groups in total. The zero-order valence-electron chi connectivity index (χ0n) is 14.5. The van der Waals surface area contributed by atoms with Crippen LogP contribution < -0.4 is 4.72 Å². The van der Waals surface area contributed by atoms with Gasteiger partial charge in [-0.1, -0.05) is 60.1 Å². The Bertz CT molecular complexity index is 1140. The SMILES string of the molecule is O=C(NS(=O)(=O)c1cccc2ccccc12)[C@H]1CCCc2cccc(Cl)c21. The number of halogens is 1. The third-order valence-corrected chi connectivity index (χ3v) is 6.76. The molecule has 4 nitrogen and oxygen atoms in total. The van der Waals surface area contributed by atoms with Crippen LogP contribution in [-0.4, -0.2) is 14.3 Å². The predicted molar refractivity (Wildman–Crippen MR) is 106 cm³/mol. The van der Waals surface area contributed by atoms with Gasteiger partial charge in [0.1, 0.15) is 0 Å². The molecule has 0 bridgehead atoms. The molecule has 0 saturated heterocycles. The van der Waals surface area contributed by atoms with E-state index in [4.69, 9.17) is 11.6 Å². The first-order valence-electron chi connectivity index (χ1n) is 8.79. The number of hydrogen-bond acceptors (Lipinski definition) is 3. The fraction of sp³-hybridized carbons (Fsp3) is 0.190. The normalized spacial score (nSPS) is 16.7. The molecule has 0 saturated carbocycles. The van der Waals surface area contributed by atoms with Crippen LogP contribution in [0.4, 0.5) is 0 Å². The summed E-state index contributed by atoms with van der Waals surface area (Å²) < 4.78 is 28.1. The third kappa shape index (κ3) is 3.33. The van der Waals surface area contributed by atoms with Crippen molar-refractivity contribution in [2.45, 2.75) is 30.1 Å². The number of hydrogen-bond donors (Lipinski definition) is 1. The number of amides is 1. The second kappa shape index (κ2) is 6.98. The molecule has 0 aromatic heterocycles. The lowest BCUT2D eigenvalue weighted by atomic mass is 9.82. The summed E-state index contributed by atoms with van der Waals surface area (Å²) in [7, 11) is -3.99. The van der Waals surface area contributed by atoms with Crippen LogP contribution >= 0.6 is 11.6 Å². The maximum absolute atomic E-state index is 12.9. The standard InChI is InChI=1S/C21H18ClNO3S/c22-18-12-4-9-15-8-3-11-17(20(15)18)21(24)23-27(25,26)19-13-5-7-14-6-1-2-10-16(14)19/h1-2,4-7,9-10,12-13,17H,3,8,11H2,(H,23,24)/t17-/m0/s1. The van der Waals surface area contributed by atoms with Crippen molar-refractivity contribution in [3.05, 3.63) is 76.8 Å². The van der Waals surface area contributed by atoms with Crippen LogP contribution in [0.25, 0.3) is 10.8 Å². The van der Waals surface area contributed by atoms with Gasteiger partial charge >= 0.3 is 0 Å². The largest absolute Gasteiger partial charge is 0.273 e. The number of aryl methyl sites for hydroxylation is 1. The molecular weight excluding hydrogens is 382 g/mol. The summed E-state index contributed by atoms with van der Waals surface area (Å²) in [5, 5.41) is 1.90. The Morgan fingerprint density at radius 3 is 2.59 bits per heavy atom. The van der Waals surface area contributed by atoms with Crippen LogP contribution in [0.2, 0.25) is 5.02 Å². The molecule has 1 atom stereocenters. The van der Waals surface area contributed by atoms with Gasteiger partial charge in [-0.25, -0.2) is 13.1 Å². The quantitative estimate of drug-likeness (QED) is 0.709. The van der Waals surface area contributed by atoms with E-state index in [1.165, 1.54) is 6.07 Å². The fourth-order valence-electron chi connectivity index (χ4n) is 3.78. The Kier molecular flexibility index (Phi) is 4.66. The molecule has 1 aliphatic rings. The monoisotopic (exact) mass is 399 g/mol. The van der Waals surface area contributed by atoms with Crippen molar-refractivity contribution < 1.29 is 13.2 Å². The highest BCUT2D eigenvalue weighted by Crippen LogP contribution is 2.37. The Hall–Kier alpha value is -2.37. The van der Waals surface area contributed by atoms with Gasteiger partial charge in [-0.05, 0) is 47.9 Å². The smallest absolute Gasteiger partial charge is 0.264 e. The lowest BCUT2D eigenvalue weighted by Gasteiger charge is -2.25. The van der Waals surface area contributed by atoms with Gasteiger partial charge in [-0.2, -0.15) is 0 Å². The topological polar surface area (TPSA) is 63.2 Å². The molecule has 27 heavy (non-hydrogen) atoms. The maximum Gasteiger partial charge on any atom is 0.264 e. The van der Waals surface area contributed by atoms with Gasteiger partial charge in [0.15, 0.2) is 0 Å². The Labute approximate surface area is 163 Å². The van der Waals surface area contributed by atoms with E-state index in [2.05, 4.69) is 4.72 Å². The molecule has 4 rings (SSSR count). The minimum absolute atomic E-state index is 0.101. The van der Waals surface area contributed by atoms with Crippen LogP contribution in [0.5, 0.6) is 0 Å². The number of fused-ring (bicyclic) bond motifs is 2. The molecule has 6 heteroatoms. The molecule has 0 heterocycles. The molecular formula is C21H18ClNO3S. The molecule has 3 aromatic rings. The average molecular weight is 400 g/mol. The van der Waals surface area contributed by atoms with Crippen LogP contribution in [0, 0.1) is 0 Å². The molecule has 0 radical (unpaired) electrons. The Balaban J connectivity index is 1.69. The van der Waals surface area contributed by atoms with Gasteiger partial charge in [0.05, 0.1) is 10.8 Å². The molecule has 1 aliphatic carbocycles. The van der Waals surface area contributed by atoms with Crippen molar-refractivity contribution in [2.75, 3.05) is 0 Å². The zero-order chi connectivity index (χ0) is 19.0. The summed E-state index contributed by atoms with van der Waals surface area (Å²) in [5.74, 6) is -1.09. The summed E-state index contributed by atoms with van der Waals surface area (Å²) in [6.07, 6.45) is 2.24. The first-order chi connectivity index (χ1) is 13.0. The first-order valence-corrected chi connectivity index (χ1v) is 10.7. The Morgan fingerprint density at radius 1 is 1.00 bits per heavy atom. The van der Waals surface area contributed by atoms with Crippen LogP contribution in [0.1, 0.15) is 29.9 Å². The molecule has 3 aromatic carbocycles. The van der Waals surface area contributed by atoms with E-state index >= 15 is 0 Å². The zero-order valence-corrected chi connectivity index (χ0v) is 16.1. The van der Waals surface area contributed by atoms with Gasteiger partial charge in [-0.3, -0.25) is 4.79 Å². The van der Waals surface area contributed by atoms with Crippen molar-refractivity contribution in [3.63, 3.8) is 0 Å². The van der Waals surface area contributed by atoms with Crippen molar-refractivity contribution in [1.82, 2.24) is 4.72 Å². The van der Waals surface area contributed by atoms with E-state index in [0.29, 0.717) is 16.8 Å². The maximum atomic E-state index is 12.9. The second-order valence-electron chi connectivity index (χ2n) is 6.70. The predicted octanol–water partition coefficient (Wildman–Crippen LogP) is 4.42. The molecule has 1 amide bonds. The van der Waals surface area contributed by atoms with Gasteiger partial charge < -0.3 is 0 Å². The number of sulfonamides is 1. The van der Waals surface area contributed by atoms with Gasteiger partial charge in [0.2, 0.25) is 5.91 Å². The van der Waals surface area contributed by atoms with Gasteiger partial charge in [-0.15, -0.1) is 0 Å². The highest BCUT2D eigenvalue weighted by Gasteiger charge is 2.31. The van der Waals surface area contributed by atoms with E-state index in [1.54, 1.807) is 24.3 Å². The van der Waals surface area contributed by atoms with E-state index in [1.807, 2.05) is 30.3 Å². The van der Waals surface area contributed by atoms with E-state index in [-0.39, 0.29) is 4.90 Å². The van der Waals surface area contributed by atoms with E-state index < -0.39 is 21.8 Å². The van der Waals surface area contributed by atoms with Crippen LogP contribution in [-0.2, 0) is 21.2 Å². The Morgan fingerprint density at radius 2 is 1.74 bits per heavy atom. The molecule has 0 fully saturated rings. The van der Waals surface area contributed by atoms with Crippen LogP contribution in [0.3, 0.4) is 0 Å². The van der Waals surface area contributed by atoms with Gasteiger partial charge in [0, 0.05) is 10.4 Å². The fourth-order valence-corrected chi connectivity index (χ4v) is 5.36. The summed E-state index contributed by atoms with van der Waals surface area (Å²) >= 11 is 6.32. The molecule has 0 unspecified atom stereocenters. The molecule has 0 spiro atoms. The number of carbonyl (C=O) groups excluding carboxylic acids is 1. The van der Waals surface area contributed by atoms with Crippen LogP contribution in [0.15, 0.2) is 65.6 Å². The van der Waals surface area contributed by atoms with Crippen molar-refractivity contribution >= 4 is 38.3 Å². The minimum Gasteiger partial charge on any atom is -0.273 e. The van der Waals surface area contributed by atoms with Crippen molar-refractivity contribution in [2.24, 2.45) is 0 Å².